The van der Waals surface area contributed by atoms with Gasteiger partial charge in [-0.2, -0.15) is 4.31 Å². The van der Waals surface area contributed by atoms with Gasteiger partial charge in [-0.1, -0.05) is 48.3 Å². The van der Waals surface area contributed by atoms with Crippen LogP contribution in [0.1, 0.15) is 31.9 Å². The van der Waals surface area contributed by atoms with Gasteiger partial charge in [0.2, 0.25) is 15.9 Å². The SMILES string of the molecule is CCc1cc(Br)cc(CC)c1NC(=O)CN(CC)S(=O)(=O)c1ccc(OC)c(Cl)c1. The van der Waals surface area contributed by atoms with Gasteiger partial charge in [-0.05, 0) is 54.3 Å². The summed E-state index contributed by atoms with van der Waals surface area (Å²) in [5.41, 5.74) is 2.72. The lowest BCUT2D eigenvalue weighted by atomic mass is 10.0. The van der Waals surface area contributed by atoms with Crippen LogP contribution in [0.25, 0.3) is 0 Å². The fourth-order valence-corrected chi connectivity index (χ4v) is 5.41. The Hall–Kier alpha value is -1.61. The van der Waals surface area contributed by atoms with Gasteiger partial charge in [0.05, 0.1) is 23.6 Å². The number of carbonyl (C=O) groups excluding carboxylic acids is 1. The Bertz CT molecular complexity index is 1000. The maximum absolute atomic E-state index is 13.0. The number of benzene rings is 2. The molecule has 0 aliphatic heterocycles. The van der Waals surface area contributed by atoms with Crippen molar-refractivity contribution in [3.05, 3.63) is 51.0 Å². The number of rotatable bonds is 9. The van der Waals surface area contributed by atoms with E-state index in [2.05, 4.69) is 21.2 Å². The molecule has 2 rings (SSSR count). The van der Waals surface area contributed by atoms with Crippen molar-refractivity contribution in [2.75, 3.05) is 25.5 Å². The van der Waals surface area contributed by atoms with Crippen LogP contribution in [-0.2, 0) is 27.7 Å². The van der Waals surface area contributed by atoms with E-state index in [1.165, 1.54) is 25.3 Å². The minimum absolute atomic E-state index is 0.00934. The molecule has 1 amide bonds. The summed E-state index contributed by atoms with van der Waals surface area (Å²) in [7, 11) is -2.45. The number of aryl methyl sites for hydroxylation is 2. The van der Waals surface area contributed by atoms with E-state index >= 15 is 0 Å². The van der Waals surface area contributed by atoms with Gasteiger partial charge >= 0.3 is 0 Å². The standard InChI is InChI=1S/C21H26BrClN2O4S/c1-5-14-10-16(22)11-15(6-2)21(14)24-20(26)13-25(7-3)30(27,28)17-8-9-19(29-4)18(23)12-17/h8-12H,5-7,13H2,1-4H3,(H,24,26). The predicted octanol–water partition coefficient (Wildman–Crippen LogP) is 4.89. The quantitative estimate of drug-likeness (QED) is 0.514. The molecule has 0 fully saturated rings. The second kappa shape index (κ2) is 10.6. The van der Waals surface area contributed by atoms with Crippen molar-refractivity contribution in [3.8, 4) is 5.75 Å². The number of halogens is 2. The molecule has 0 heterocycles. The van der Waals surface area contributed by atoms with Gasteiger partial charge in [0, 0.05) is 16.7 Å². The molecule has 0 radical (unpaired) electrons. The Morgan fingerprint density at radius 1 is 1.13 bits per heavy atom. The summed E-state index contributed by atoms with van der Waals surface area (Å²) in [6, 6.07) is 8.16. The van der Waals surface area contributed by atoms with E-state index in [9.17, 15) is 13.2 Å². The van der Waals surface area contributed by atoms with Crippen molar-refractivity contribution >= 4 is 49.1 Å². The minimum Gasteiger partial charge on any atom is -0.495 e. The summed E-state index contributed by atoms with van der Waals surface area (Å²) >= 11 is 9.58. The molecule has 0 bridgehead atoms. The predicted molar refractivity (Wildman–Crippen MR) is 124 cm³/mol. The van der Waals surface area contributed by atoms with E-state index in [1.54, 1.807) is 6.92 Å². The van der Waals surface area contributed by atoms with Gasteiger partial charge < -0.3 is 10.1 Å². The summed E-state index contributed by atoms with van der Waals surface area (Å²) in [4.78, 5) is 12.8. The molecule has 0 aliphatic rings. The van der Waals surface area contributed by atoms with Gasteiger partial charge in [-0.25, -0.2) is 8.42 Å². The van der Waals surface area contributed by atoms with Crippen molar-refractivity contribution in [1.29, 1.82) is 0 Å². The van der Waals surface area contributed by atoms with Crippen molar-refractivity contribution in [3.63, 3.8) is 0 Å². The molecule has 164 valence electrons. The van der Waals surface area contributed by atoms with E-state index in [4.69, 9.17) is 16.3 Å². The molecule has 0 saturated heterocycles. The smallest absolute Gasteiger partial charge is 0.243 e. The highest BCUT2D eigenvalue weighted by Gasteiger charge is 2.26. The van der Waals surface area contributed by atoms with Crippen LogP contribution in [0.3, 0.4) is 0 Å². The Balaban J connectivity index is 2.28. The number of anilines is 1. The molecular weight excluding hydrogens is 492 g/mol. The highest BCUT2D eigenvalue weighted by Crippen LogP contribution is 2.29. The summed E-state index contributed by atoms with van der Waals surface area (Å²) in [5, 5.41) is 3.10. The van der Waals surface area contributed by atoms with Crippen molar-refractivity contribution in [2.24, 2.45) is 0 Å². The van der Waals surface area contributed by atoms with E-state index in [0.29, 0.717) is 5.75 Å². The molecule has 0 atom stereocenters. The highest BCUT2D eigenvalue weighted by molar-refractivity contribution is 9.10. The first kappa shape index (κ1) is 24.7. The number of sulfonamides is 1. The van der Waals surface area contributed by atoms with Crippen LogP contribution in [0.15, 0.2) is 39.7 Å². The van der Waals surface area contributed by atoms with Crippen LogP contribution in [0.5, 0.6) is 5.75 Å². The number of carbonyl (C=O) groups is 1. The first-order chi connectivity index (χ1) is 14.2. The van der Waals surface area contributed by atoms with Crippen LogP contribution in [0, 0.1) is 0 Å². The fraction of sp³-hybridized carbons (Fsp3) is 0.381. The van der Waals surface area contributed by atoms with E-state index in [1.807, 2.05) is 26.0 Å². The minimum atomic E-state index is -3.90. The second-order valence-electron chi connectivity index (χ2n) is 6.58. The van der Waals surface area contributed by atoms with E-state index in [-0.39, 0.29) is 23.0 Å². The van der Waals surface area contributed by atoms with Crippen molar-refractivity contribution < 1.29 is 17.9 Å². The molecule has 0 aliphatic carbocycles. The Labute approximate surface area is 191 Å². The van der Waals surface area contributed by atoms with Crippen molar-refractivity contribution in [1.82, 2.24) is 4.31 Å². The zero-order valence-corrected chi connectivity index (χ0v) is 20.6. The summed E-state index contributed by atoms with van der Waals surface area (Å²) in [6.45, 7) is 5.54. The number of methoxy groups -OCH3 is 1. The lowest BCUT2D eigenvalue weighted by molar-refractivity contribution is -0.116. The molecule has 6 nitrogen and oxygen atoms in total. The van der Waals surface area contributed by atoms with E-state index < -0.39 is 15.9 Å². The second-order valence-corrected chi connectivity index (χ2v) is 9.84. The average molecular weight is 518 g/mol. The molecule has 30 heavy (non-hydrogen) atoms. The first-order valence-electron chi connectivity index (χ1n) is 9.62. The Morgan fingerprint density at radius 3 is 2.20 bits per heavy atom. The maximum Gasteiger partial charge on any atom is 0.243 e. The topological polar surface area (TPSA) is 75.7 Å². The fourth-order valence-electron chi connectivity index (χ4n) is 3.11. The lowest BCUT2D eigenvalue weighted by Crippen LogP contribution is -2.38. The highest BCUT2D eigenvalue weighted by atomic mass is 79.9. The molecule has 2 aromatic carbocycles. The van der Waals surface area contributed by atoms with Gasteiger partial charge in [0.15, 0.2) is 0 Å². The molecule has 9 heteroatoms. The summed E-state index contributed by atoms with van der Waals surface area (Å²) in [5.74, 6) is -0.0161. The van der Waals surface area contributed by atoms with E-state index in [0.717, 1.165) is 38.4 Å². The van der Waals surface area contributed by atoms with Crippen LogP contribution in [0.4, 0.5) is 5.69 Å². The third-order valence-corrected chi connectivity index (χ3v) is 7.40. The number of nitrogens with zero attached hydrogens (tertiary/aromatic N) is 1. The zero-order valence-electron chi connectivity index (χ0n) is 17.5. The largest absolute Gasteiger partial charge is 0.495 e. The molecule has 0 spiro atoms. The molecule has 1 N–H and O–H groups in total. The molecule has 0 saturated carbocycles. The monoisotopic (exact) mass is 516 g/mol. The Morgan fingerprint density at radius 2 is 1.73 bits per heavy atom. The van der Waals surface area contributed by atoms with Gasteiger partial charge in [-0.3, -0.25) is 4.79 Å². The third-order valence-electron chi connectivity index (χ3n) is 4.73. The van der Waals surface area contributed by atoms with Crippen molar-refractivity contribution in [2.45, 2.75) is 38.5 Å². The summed E-state index contributed by atoms with van der Waals surface area (Å²) in [6.07, 6.45) is 1.48. The van der Waals surface area contributed by atoms with Gasteiger partial charge in [0.1, 0.15) is 5.75 Å². The number of hydrogen-bond donors (Lipinski definition) is 1. The number of hydrogen-bond acceptors (Lipinski definition) is 4. The van der Waals surface area contributed by atoms with Gasteiger partial charge in [0.25, 0.3) is 0 Å². The molecule has 2 aromatic rings. The normalized spacial score (nSPS) is 11.6. The van der Waals surface area contributed by atoms with Crippen LogP contribution >= 0.6 is 27.5 Å². The first-order valence-corrected chi connectivity index (χ1v) is 12.2. The molecule has 0 unspecified atom stereocenters. The lowest BCUT2D eigenvalue weighted by Gasteiger charge is -2.22. The van der Waals surface area contributed by atoms with Gasteiger partial charge in [-0.15, -0.1) is 0 Å². The maximum atomic E-state index is 13.0. The average Bonchev–Trinajstić information content (AvgIpc) is 2.72. The molecule has 0 aromatic heterocycles. The third kappa shape index (κ3) is 5.55. The molecular formula is C21H26BrClN2O4S. The zero-order chi connectivity index (χ0) is 22.5. The number of likely N-dealkylation sites (N-methyl/N-ethyl adjacent to an activating group) is 1. The van der Waals surface area contributed by atoms with Crippen LogP contribution in [-0.4, -0.2) is 38.8 Å². The van der Waals surface area contributed by atoms with Crippen LogP contribution in [0.2, 0.25) is 5.02 Å². The summed E-state index contributed by atoms with van der Waals surface area (Å²) < 4.78 is 33.2. The number of ether oxygens (including phenoxy) is 1. The number of nitrogens with one attached hydrogen (secondary N) is 1. The number of amides is 1. The van der Waals surface area contributed by atoms with Crippen LogP contribution < -0.4 is 10.1 Å². The Kier molecular flexibility index (Phi) is 8.73.